The van der Waals surface area contributed by atoms with Crippen molar-refractivity contribution in [1.82, 2.24) is 0 Å². The van der Waals surface area contributed by atoms with Crippen LogP contribution in [0.5, 0.6) is 0 Å². The highest BCUT2D eigenvalue weighted by atomic mass is 32.2. The fourth-order valence-corrected chi connectivity index (χ4v) is 3.52. The Labute approximate surface area is 73.5 Å². The molecular formula is C9H21FS. The third-order valence-corrected chi connectivity index (χ3v) is 4.44. The molecule has 0 aromatic heterocycles. The first kappa shape index (κ1) is 13.8. The Bertz CT molecular complexity index is 52.3. The first-order valence-electron chi connectivity index (χ1n) is 4.49. The van der Waals surface area contributed by atoms with Gasteiger partial charge in [-0.25, -0.2) is 0 Å². The zero-order valence-corrected chi connectivity index (χ0v) is 8.85. The zero-order valence-electron chi connectivity index (χ0n) is 8.03. The molecule has 0 saturated carbocycles. The summed E-state index contributed by atoms with van der Waals surface area (Å²) in [5.74, 6) is 4.42. The summed E-state index contributed by atoms with van der Waals surface area (Å²) in [7, 11) is 0.775. The molecule has 2 heteroatoms. The third kappa shape index (κ3) is 8.18. The number of rotatable bonds is 6. The molecule has 0 rings (SSSR count). The van der Waals surface area contributed by atoms with Gasteiger partial charge in [0.2, 0.25) is 0 Å². The smallest absolute Gasteiger partial charge is 0.107 e. The quantitative estimate of drug-likeness (QED) is 0.498. The summed E-state index contributed by atoms with van der Waals surface area (Å²) in [4.78, 5) is 0. The molecule has 0 bridgehead atoms. The van der Waals surface area contributed by atoms with Gasteiger partial charge in [0.15, 0.2) is 0 Å². The lowest BCUT2D eigenvalue weighted by molar-refractivity contribution is -0.00000238. The fourth-order valence-electron chi connectivity index (χ4n) is 1.17. The van der Waals surface area contributed by atoms with Gasteiger partial charge in [-0.15, -0.1) is 0 Å². The van der Waals surface area contributed by atoms with Crippen molar-refractivity contribution >= 4 is 10.9 Å². The molecule has 0 spiro atoms. The van der Waals surface area contributed by atoms with Gasteiger partial charge in [-0.2, -0.15) is 0 Å². The van der Waals surface area contributed by atoms with Gasteiger partial charge in [0, 0.05) is 0 Å². The lowest BCUT2D eigenvalue weighted by Gasteiger charge is -2.03. The van der Waals surface area contributed by atoms with E-state index in [2.05, 4.69) is 20.8 Å². The maximum absolute atomic E-state index is 2.30. The number of hydrogen-bond donors (Lipinski definition) is 0. The maximum atomic E-state index is 2.30. The molecule has 0 amide bonds. The van der Waals surface area contributed by atoms with Crippen molar-refractivity contribution in [3.05, 3.63) is 0 Å². The van der Waals surface area contributed by atoms with Crippen molar-refractivity contribution in [2.24, 2.45) is 0 Å². The molecule has 11 heavy (non-hydrogen) atoms. The molecule has 0 nitrogen and oxygen atoms in total. The van der Waals surface area contributed by atoms with E-state index >= 15 is 0 Å². The van der Waals surface area contributed by atoms with E-state index in [0.29, 0.717) is 0 Å². The molecule has 0 N–H and O–H groups in total. The highest BCUT2D eigenvalue weighted by molar-refractivity contribution is 7.96. The molecular weight excluding hydrogens is 159 g/mol. The number of halogens is 1. The standard InChI is InChI=1S/C9H21S.FH/c1-4-7-10(8-5-2)9-6-3;/h4-9H2,1-3H3;1H/q+1;/p-1. The van der Waals surface area contributed by atoms with Gasteiger partial charge >= 0.3 is 0 Å². The monoisotopic (exact) mass is 180 g/mol. The lowest BCUT2D eigenvalue weighted by atomic mass is 10.6. The summed E-state index contributed by atoms with van der Waals surface area (Å²) >= 11 is 0. The second kappa shape index (κ2) is 10.3. The molecule has 0 atom stereocenters. The van der Waals surface area contributed by atoms with Crippen LogP contribution in [-0.4, -0.2) is 17.3 Å². The Balaban J connectivity index is 0. The van der Waals surface area contributed by atoms with Crippen molar-refractivity contribution in [2.45, 2.75) is 40.0 Å². The Hall–Kier alpha value is 0.280. The van der Waals surface area contributed by atoms with Gasteiger partial charge in [-0.3, -0.25) is 0 Å². The van der Waals surface area contributed by atoms with Crippen molar-refractivity contribution < 1.29 is 4.70 Å². The summed E-state index contributed by atoms with van der Waals surface area (Å²) in [5, 5.41) is 0. The van der Waals surface area contributed by atoms with Crippen molar-refractivity contribution in [1.29, 1.82) is 0 Å². The van der Waals surface area contributed by atoms with E-state index in [1.54, 1.807) is 0 Å². The lowest BCUT2D eigenvalue weighted by Crippen LogP contribution is -3.00. The van der Waals surface area contributed by atoms with Gasteiger partial charge in [-0.05, 0) is 30.2 Å². The van der Waals surface area contributed by atoms with E-state index in [4.69, 9.17) is 0 Å². The van der Waals surface area contributed by atoms with E-state index in [-0.39, 0.29) is 4.70 Å². The molecule has 0 aliphatic rings. The van der Waals surface area contributed by atoms with Crippen LogP contribution in [0.2, 0.25) is 0 Å². The van der Waals surface area contributed by atoms with E-state index in [1.165, 1.54) is 36.5 Å². The first-order valence-corrected chi connectivity index (χ1v) is 6.22. The first-order chi connectivity index (χ1) is 4.85. The van der Waals surface area contributed by atoms with E-state index < -0.39 is 0 Å². The van der Waals surface area contributed by atoms with Crippen LogP contribution < -0.4 is 4.70 Å². The third-order valence-electron chi connectivity index (χ3n) is 1.48. The Morgan fingerprint density at radius 3 is 1.18 bits per heavy atom. The van der Waals surface area contributed by atoms with Gasteiger partial charge in [0.1, 0.15) is 17.3 Å². The Kier molecular flexibility index (Phi) is 12.9. The van der Waals surface area contributed by atoms with E-state index in [1.807, 2.05) is 0 Å². The van der Waals surface area contributed by atoms with Crippen LogP contribution in [0.3, 0.4) is 0 Å². The largest absolute Gasteiger partial charge is 1.00 e. The van der Waals surface area contributed by atoms with Crippen molar-refractivity contribution in [3.63, 3.8) is 0 Å². The zero-order chi connectivity index (χ0) is 7.82. The normalized spacial score (nSPS) is 9.82. The summed E-state index contributed by atoms with van der Waals surface area (Å²) < 4.78 is 0. The Morgan fingerprint density at radius 2 is 1.00 bits per heavy atom. The van der Waals surface area contributed by atoms with Crippen LogP contribution in [0.1, 0.15) is 40.0 Å². The van der Waals surface area contributed by atoms with Crippen LogP contribution in [0.4, 0.5) is 0 Å². The summed E-state index contributed by atoms with van der Waals surface area (Å²) in [6, 6.07) is 0. The summed E-state index contributed by atoms with van der Waals surface area (Å²) in [5.41, 5.74) is 0. The minimum Gasteiger partial charge on any atom is -1.00 e. The second-order valence-corrected chi connectivity index (χ2v) is 5.17. The van der Waals surface area contributed by atoms with Gasteiger partial charge in [-0.1, -0.05) is 20.8 Å². The molecule has 0 aliphatic carbocycles. The Morgan fingerprint density at radius 1 is 0.727 bits per heavy atom. The molecule has 0 radical (unpaired) electrons. The highest BCUT2D eigenvalue weighted by Crippen LogP contribution is 2.03. The van der Waals surface area contributed by atoms with Crippen LogP contribution >= 0.6 is 0 Å². The highest BCUT2D eigenvalue weighted by Gasteiger charge is 2.12. The average molecular weight is 180 g/mol. The van der Waals surface area contributed by atoms with Crippen LogP contribution in [0.15, 0.2) is 0 Å². The van der Waals surface area contributed by atoms with Crippen molar-refractivity contribution in [3.8, 4) is 0 Å². The summed E-state index contributed by atoms with van der Waals surface area (Å²) in [6.07, 6.45) is 4.13. The second-order valence-electron chi connectivity index (χ2n) is 2.72. The molecule has 70 valence electrons. The van der Waals surface area contributed by atoms with E-state index in [0.717, 1.165) is 10.9 Å². The van der Waals surface area contributed by atoms with Gasteiger partial charge < -0.3 is 4.70 Å². The molecule has 0 unspecified atom stereocenters. The number of hydrogen-bond acceptors (Lipinski definition) is 0. The predicted octanol–water partition coefficient (Wildman–Crippen LogP) is -0.161. The molecule has 0 saturated heterocycles. The minimum absolute atomic E-state index is 0. The van der Waals surface area contributed by atoms with Crippen LogP contribution in [0.25, 0.3) is 0 Å². The van der Waals surface area contributed by atoms with Crippen LogP contribution in [0, 0.1) is 0 Å². The topological polar surface area (TPSA) is 0 Å². The molecule has 0 aromatic carbocycles. The van der Waals surface area contributed by atoms with Crippen LogP contribution in [-0.2, 0) is 10.9 Å². The molecule has 0 heterocycles. The summed E-state index contributed by atoms with van der Waals surface area (Å²) in [6.45, 7) is 6.89. The maximum Gasteiger partial charge on any atom is 0.107 e. The SMILES string of the molecule is CCC[S+](CCC)CCC.[F-]. The van der Waals surface area contributed by atoms with Gasteiger partial charge in [0.25, 0.3) is 0 Å². The molecule has 0 fully saturated rings. The van der Waals surface area contributed by atoms with Gasteiger partial charge in [0.05, 0.1) is 0 Å². The predicted molar refractivity (Wildman–Crippen MR) is 52.8 cm³/mol. The molecule has 0 aliphatic heterocycles. The van der Waals surface area contributed by atoms with E-state index in [9.17, 15) is 0 Å². The molecule has 0 aromatic rings. The van der Waals surface area contributed by atoms with Crippen molar-refractivity contribution in [2.75, 3.05) is 17.3 Å². The minimum atomic E-state index is 0. The fraction of sp³-hybridized carbons (Fsp3) is 1.00. The average Bonchev–Trinajstić information content (AvgIpc) is 1.90.